The first-order valence-corrected chi connectivity index (χ1v) is 14.0. The molecule has 2 aromatic heterocycles. The number of aromatic amines is 1. The van der Waals surface area contributed by atoms with Gasteiger partial charge in [-0.2, -0.15) is 0 Å². The lowest BCUT2D eigenvalue weighted by atomic mass is 10.0. The Morgan fingerprint density at radius 2 is 1.95 bits per heavy atom. The molecular weight excluding hydrogens is 466 g/mol. The maximum atomic E-state index is 13.3. The molecule has 1 aromatic carbocycles. The Hall–Kier alpha value is -2.62. The van der Waals surface area contributed by atoms with Crippen molar-refractivity contribution < 1.29 is 4.74 Å². The minimum atomic E-state index is -0.0112. The molecule has 3 aromatic rings. The first kappa shape index (κ1) is 26.0. The Kier molecular flexibility index (Phi) is 8.32. The van der Waals surface area contributed by atoms with Crippen LogP contribution < -0.4 is 5.56 Å². The summed E-state index contributed by atoms with van der Waals surface area (Å²) in [6.07, 6.45) is 6.63. The minimum absolute atomic E-state index is 0.0112. The van der Waals surface area contributed by atoms with Crippen LogP contribution in [0.4, 0.5) is 0 Å². The number of hydrogen-bond acceptors (Lipinski definition) is 7. The van der Waals surface area contributed by atoms with Crippen LogP contribution in [-0.2, 0) is 11.3 Å². The number of ether oxygens (including phenoxy) is 1. The number of pyridine rings is 1. The van der Waals surface area contributed by atoms with Crippen LogP contribution in [0.2, 0.25) is 0 Å². The molecule has 9 heteroatoms. The summed E-state index contributed by atoms with van der Waals surface area (Å²) in [6.45, 7) is 12.4. The van der Waals surface area contributed by atoms with Crippen LogP contribution in [0.15, 0.2) is 23.0 Å². The summed E-state index contributed by atoms with van der Waals surface area (Å²) in [6, 6.07) is 6.78. The molecule has 2 aliphatic rings. The van der Waals surface area contributed by atoms with Gasteiger partial charge in [-0.25, -0.2) is 4.68 Å². The number of aryl methyl sites for hydroxylation is 2. The van der Waals surface area contributed by atoms with Crippen LogP contribution in [0.1, 0.15) is 80.0 Å². The van der Waals surface area contributed by atoms with Gasteiger partial charge in [0.2, 0.25) is 0 Å². The highest BCUT2D eigenvalue weighted by atomic mass is 16.5. The van der Waals surface area contributed by atoms with Gasteiger partial charge in [0, 0.05) is 31.7 Å². The quantitative estimate of drug-likeness (QED) is 0.445. The second kappa shape index (κ2) is 11.8. The number of aromatic nitrogens is 5. The van der Waals surface area contributed by atoms with Crippen molar-refractivity contribution in [2.45, 2.75) is 77.9 Å². The van der Waals surface area contributed by atoms with E-state index >= 15 is 0 Å². The van der Waals surface area contributed by atoms with E-state index in [0.717, 1.165) is 92.9 Å². The number of hydrogen-bond donors (Lipinski definition) is 1. The van der Waals surface area contributed by atoms with E-state index in [9.17, 15) is 4.79 Å². The molecule has 0 spiro atoms. The monoisotopic (exact) mass is 507 g/mol. The fourth-order valence-electron chi connectivity index (χ4n) is 6.17. The summed E-state index contributed by atoms with van der Waals surface area (Å²) in [5.41, 5.74) is 4.01. The molecule has 0 bridgehead atoms. The van der Waals surface area contributed by atoms with Gasteiger partial charge in [0.25, 0.3) is 5.56 Å². The number of morpholine rings is 1. The summed E-state index contributed by atoms with van der Waals surface area (Å²) in [4.78, 5) is 21.3. The summed E-state index contributed by atoms with van der Waals surface area (Å²) < 4.78 is 7.60. The average Bonchev–Trinajstić information content (AvgIpc) is 3.58. The molecule has 9 nitrogen and oxygen atoms in total. The van der Waals surface area contributed by atoms with E-state index in [0.29, 0.717) is 12.6 Å². The molecule has 0 amide bonds. The molecule has 0 radical (unpaired) electrons. The second-order valence-electron chi connectivity index (χ2n) is 10.8. The number of nitrogens with one attached hydrogen (secondary N) is 1. The highest BCUT2D eigenvalue weighted by Gasteiger charge is 2.29. The van der Waals surface area contributed by atoms with Gasteiger partial charge >= 0.3 is 0 Å². The van der Waals surface area contributed by atoms with Gasteiger partial charge in [-0.3, -0.25) is 14.6 Å². The smallest absolute Gasteiger partial charge is 0.252 e. The molecule has 3 heterocycles. The third-order valence-corrected chi connectivity index (χ3v) is 8.08. The van der Waals surface area contributed by atoms with Crippen molar-refractivity contribution in [2.75, 3.05) is 39.4 Å². The number of benzene rings is 1. The van der Waals surface area contributed by atoms with Gasteiger partial charge in [-0.15, -0.1) is 5.10 Å². The number of tetrazole rings is 1. The molecule has 1 atom stereocenters. The zero-order valence-electron chi connectivity index (χ0n) is 22.6. The maximum absolute atomic E-state index is 13.3. The van der Waals surface area contributed by atoms with Crippen molar-refractivity contribution in [3.8, 4) is 0 Å². The lowest BCUT2D eigenvalue weighted by Crippen LogP contribution is -2.39. The van der Waals surface area contributed by atoms with E-state index in [1.807, 2.05) is 0 Å². The predicted molar refractivity (Wildman–Crippen MR) is 145 cm³/mol. The summed E-state index contributed by atoms with van der Waals surface area (Å²) >= 11 is 0. The number of H-pyrrole nitrogens is 1. The van der Waals surface area contributed by atoms with E-state index in [-0.39, 0.29) is 11.6 Å². The first-order chi connectivity index (χ1) is 18.0. The number of rotatable bonds is 10. The van der Waals surface area contributed by atoms with Gasteiger partial charge in [0.1, 0.15) is 0 Å². The van der Waals surface area contributed by atoms with Crippen molar-refractivity contribution in [1.82, 2.24) is 35.0 Å². The topological polar surface area (TPSA) is 92.2 Å². The predicted octanol–water partition coefficient (Wildman–Crippen LogP) is 3.92. The summed E-state index contributed by atoms with van der Waals surface area (Å²) in [7, 11) is 0. The largest absolute Gasteiger partial charge is 0.379 e. The zero-order valence-corrected chi connectivity index (χ0v) is 22.6. The number of nitrogens with zero attached hydrogens (tertiary/aromatic N) is 6. The summed E-state index contributed by atoms with van der Waals surface area (Å²) in [5.74, 6) is 0.935. The van der Waals surface area contributed by atoms with Crippen molar-refractivity contribution in [3.63, 3.8) is 0 Å². The Balaban J connectivity index is 1.43. The third-order valence-electron chi connectivity index (χ3n) is 8.08. The van der Waals surface area contributed by atoms with Gasteiger partial charge in [-0.1, -0.05) is 31.4 Å². The van der Waals surface area contributed by atoms with Crippen LogP contribution in [0.25, 0.3) is 10.9 Å². The van der Waals surface area contributed by atoms with Gasteiger partial charge < -0.3 is 9.72 Å². The molecule has 5 rings (SSSR count). The molecular formula is C28H41N7O2. The van der Waals surface area contributed by atoms with E-state index < -0.39 is 0 Å². The first-order valence-electron chi connectivity index (χ1n) is 14.0. The fourth-order valence-corrected chi connectivity index (χ4v) is 6.17. The minimum Gasteiger partial charge on any atom is -0.379 e. The molecule has 1 saturated carbocycles. The molecule has 200 valence electrons. The van der Waals surface area contributed by atoms with Crippen molar-refractivity contribution in [2.24, 2.45) is 0 Å². The van der Waals surface area contributed by atoms with Gasteiger partial charge in [-0.05, 0) is 79.6 Å². The maximum Gasteiger partial charge on any atom is 0.252 e. The Bertz CT molecular complexity index is 1240. The van der Waals surface area contributed by atoms with Crippen molar-refractivity contribution >= 4 is 10.9 Å². The summed E-state index contributed by atoms with van der Waals surface area (Å²) in [5, 5.41) is 14.2. The van der Waals surface area contributed by atoms with E-state index in [1.165, 1.54) is 18.4 Å². The highest BCUT2D eigenvalue weighted by molar-refractivity contribution is 5.82. The standard InChI is InChI=1S/C28H41N7O2/c1-4-25(27-30-31-32-35(27)24-8-5-6-9-24)34(11-7-10-33-12-14-37-15-13-33)19-23-18-22-17-20(2)16-21(3)26(22)29-28(23)36/h16-18,24-25H,4-15,19H2,1-3H3,(H,29,36)/t25-/m1/s1. The Morgan fingerprint density at radius 3 is 2.70 bits per heavy atom. The number of fused-ring (bicyclic) bond motifs is 1. The molecule has 2 fully saturated rings. The van der Waals surface area contributed by atoms with Gasteiger partial charge in [0.05, 0.1) is 30.8 Å². The second-order valence-corrected chi connectivity index (χ2v) is 10.8. The van der Waals surface area contributed by atoms with E-state index in [2.05, 4.69) is 74.0 Å². The van der Waals surface area contributed by atoms with E-state index in [1.54, 1.807) is 0 Å². The normalized spacial score (nSPS) is 18.3. The lowest BCUT2D eigenvalue weighted by Gasteiger charge is -2.32. The Labute approximate surface area is 219 Å². The van der Waals surface area contributed by atoms with Crippen LogP contribution in [0, 0.1) is 13.8 Å². The lowest BCUT2D eigenvalue weighted by molar-refractivity contribution is 0.0348. The highest BCUT2D eigenvalue weighted by Crippen LogP contribution is 2.33. The average molecular weight is 508 g/mol. The van der Waals surface area contributed by atoms with Crippen LogP contribution >= 0.6 is 0 Å². The Morgan fingerprint density at radius 1 is 1.16 bits per heavy atom. The fraction of sp³-hybridized carbons (Fsp3) is 0.643. The van der Waals surface area contributed by atoms with Crippen molar-refractivity contribution in [1.29, 1.82) is 0 Å². The molecule has 1 N–H and O–H groups in total. The molecule has 1 aliphatic carbocycles. The van der Waals surface area contributed by atoms with Crippen molar-refractivity contribution in [3.05, 3.63) is 51.1 Å². The molecule has 37 heavy (non-hydrogen) atoms. The van der Waals surface area contributed by atoms with Crippen LogP contribution in [-0.4, -0.2) is 74.4 Å². The SMILES string of the molecule is CC[C@H](c1nnnn1C1CCCC1)N(CCCN1CCOCC1)Cc1cc2cc(C)cc(C)c2[nH]c1=O. The van der Waals surface area contributed by atoms with E-state index in [4.69, 9.17) is 4.74 Å². The third kappa shape index (κ3) is 5.94. The van der Waals surface area contributed by atoms with Crippen LogP contribution in [0.3, 0.4) is 0 Å². The molecule has 1 saturated heterocycles. The molecule has 1 aliphatic heterocycles. The zero-order chi connectivity index (χ0) is 25.8. The van der Waals surface area contributed by atoms with Crippen LogP contribution in [0.5, 0.6) is 0 Å². The van der Waals surface area contributed by atoms with Gasteiger partial charge in [0.15, 0.2) is 5.82 Å². The molecule has 0 unspecified atom stereocenters.